The number of fused-ring (bicyclic) bond motifs is 2. The van der Waals surface area contributed by atoms with Gasteiger partial charge in [0.25, 0.3) is 0 Å². The average molecular weight is 496 g/mol. The van der Waals surface area contributed by atoms with Crippen LogP contribution in [0, 0.1) is 28.6 Å². The van der Waals surface area contributed by atoms with E-state index in [1.54, 1.807) is 26.8 Å². The molecule has 4 fully saturated rings. The average Bonchev–Trinajstić information content (AvgIpc) is 3.35. The van der Waals surface area contributed by atoms with Gasteiger partial charge in [0, 0.05) is 24.0 Å². The molecular weight excluding hydrogens is 458 g/mol. The second kappa shape index (κ2) is 6.66. The van der Waals surface area contributed by atoms with Crippen LogP contribution < -0.4 is 0 Å². The van der Waals surface area contributed by atoms with Gasteiger partial charge >= 0.3 is 5.97 Å². The summed E-state index contributed by atoms with van der Waals surface area (Å²) >= 11 is 0. The molecule has 4 saturated carbocycles. The summed E-state index contributed by atoms with van der Waals surface area (Å²) in [4.78, 5) is 15.8. The summed E-state index contributed by atoms with van der Waals surface area (Å²) in [7, 11) is 0. The van der Waals surface area contributed by atoms with Crippen LogP contribution in [0.3, 0.4) is 0 Å². The molecule has 0 spiro atoms. The van der Waals surface area contributed by atoms with E-state index in [-0.39, 0.29) is 12.1 Å². The van der Waals surface area contributed by atoms with Gasteiger partial charge in [0.2, 0.25) is 0 Å². The third-order valence-corrected chi connectivity index (χ3v) is 10.9. The monoisotopic (exact) mass is 495 g/mol. The molecule has 1 aromatic heterocycles. The minimum Gasteiger partial charge on any atom is -0.451 e. The fourth-order valence-corrected chi connectivity index (χ4v) is 8.92. The number of rotatable bonds is 3. The lowest BCUT2D eigenvalue weighted by Gasteiger charge is -2.60. The highest BCUT2D eigenvalue weighted by Gasteiger charge is 3.01. The second-order valence-corrected chi connectivity index (χ2v) is 12.2. The maximum Gasteiger partial charge on any atom is 0.355 e. The quantitative estimate of drug-likeness (QED) is 0.205. The molecule has 4 aliphatic carbocycles. The number of H-pyrrole nitrogens is 1. The molecule has 35 heavy (non-hydrogen) atoms. The van der Waals surface area contributed by atoms with Crippen molar-refractivity contribution >= 4 is 5.97 Å². The summed E-state index contributed by atoms with van der Waals surface area (Å²) in [5, 5.41) is 84.2. The number of hydrogen-bond donors (Lipinski definition) is 8. The molecule has 0 aliphatic heterocycles. The largest absolute Gasteiger partial charge is 0.451 e. The van der Waals surface area contributed by atoms with Crippen LogP contribution in [0.4, 0.5) is 0 Å². The Balaban J connectivity index is 1.85. The van der Waals surface area contributed by atoms with Crippen LogP contribution in [0.5, 0.6) is 0 Å². The van der Waals surface area contributed by atoms with Gasteiger partial charge < -0.3 is 45.5 Å². The maximum absolute atomic E-state index is 13.1. The summed E-state index contributed by atoms with van der Waals surface area (Å²) in [5.41, 5.74) is -13.7. The van der Waals surface area contributed by atoms with Gasteiger partial charge in [-0.2, -0.15) is 0 Å². The second-order valence-electron chi connectivity index (χ2n) is 12.2. The van der Waals surface area contributed by atoms with Crippen molar-refractivity contribution in [2.75, 3.05) is 0 Å². The van der Waals surface area contributed by atoms with Crippen LogP contribution in [0.15, 0.2) is 18.3 Å². The van der Waals surface area contributed by atoms with Crippen LogP contribution in [-0.2, 0) is 4.74 Å². The van der Waals surface area contributed by atoms with E-state index in [0.717, 1.165) is 0 Å². The molecule has 1 unspecified atom stereocenters. The molecule has 1 aromatic rings. The third kappa shape index (κ3) is 2.18. The van der Waals surface area contributed by atoms with E-state index in [9.17, 15) is 40.5 Å². The van der Waals surface area contributed by atoms with E-state index < -0.39 is 81.4 Å². The molecule has 1 heterocycles. The molecule has 196 valence electrons. The highest BCUT2D eigenvalue weighted by molar-refractivity contribution is 5.87. The number of esters is 1. The molecule has 10 atom stereocenters. The summed E-state index contributed by atoms with van der Waals surface area (Å²) in [6, 6.07) is 3.00. The molecule has 10 heteroatoms. The van der Waals surface area contributed by atoms with E-state index >= 15 is 0 Å². The summed E-state index contributed by atoms with van der Waals surface area (Å²) in [6.45, 7) is 7.51. The minimum absolute atomic E-state index is 0.0276. The zero-order chi connectivity index (χ0) is 26.2. The first kappa shape index (κ1) is 25.1. The van der Waals surface area contributed by atoms with Crippen molar-refractivity contribution < 1.29 is 45.3 Å². The molecule has 8 N–H and O–H groups in total. The van der Waals surface area contributed by atoms with Crippen LogP contribution in [0.2, 0.25) is 0 Å². The van der Waals surface area contributed by atoms with E-state index in [1.165, 1.54) is 26.1 Å². The number of ether oxygens (including phenoxy) is 1. The molecule has 4 aliphatic rings. The predicted molar refractivity (Wildman–Crippen MR) is 121 cm³/mol. The summed E-state index contributed by atoms with van der Waals surface area (Å²) < 4.78 is 5.79. The third-order valence-electron chi connectivity index (χ3n) is 10.9. The fraction of sp³-hybridized carbons (Fsp3) is 0.800. The van der Waals surface area contributed by atoms with Crippen LogP contribution in [0.25, 0.3) is 0 Å². The zero-order valence-corrected chi connectivity index (χ0v) is 20.7. The van der Waals surface area contributed by atoms with Crippen molar-refractivity contribution in [3.63, 3.8) is 0 Å². The van der Waals surface area contributed by atoms with E-state index in [0.29, 0.717) is 6.42 Å². The van der Waals surface area contributed by atoms with Crippen molar-refractivity contribution in [3.05, 3.63) is 24.0 Å². The number of hydrogen-bond acceptors (Lipinski definition) is 9. The topological polar surface area (TPSA) is 184 Å². The smallest absolute Gasteiger partial charge is 0.355 e. The normalized spacial score (nSPS) is 54.1. The predicted octanol–water partition coefficient (Wildman–Crippen LogP) is -0.348. The lowest BCUT2D eigenvalue weighted by atomic mass is 9.51. The highest BCUT2D eigenvalue weighted by Crippen LogP contribution is 2.84. The minimum atomic E-state index is -2.81. The van der Waals surface area contributed by atoms with Gasteiger partial charge in [0.15, 0.2) is 11.9 Å². The van der Waals surface area contributed by atoms with Gasteiger partial charge in [-0.25, -0.2) is 4.79 Å². The molecule has 0 amide bonds. The Morgan fingerprint density at radius 1 is 1.11 bits per heavy atom. The number of nitrogens with one attached hydrogen (secondary N) is 1. The van der Waals surface area contributed by atoms with Gasteiger partial charge in [-0.05, 0) is 43.7 Å². The summed E-state index contributed by atoms with van der Waals surface area (Å²) in [5.74, 6) is -6.46. The van der Waals surface area contributed by atoms with E-state index in [1.807, 2.05) is 0 Å². The molecular formula is C25H37NO9. The number of aliphatic hydroxyl groups is 7. The lowest BCUT2D eigenvalue weighted by molar-refractivity contribution is -0.376. The van der Waals surface area contributed by atoms with Gasteiger partial charge in [0.05, 0.1) is 17.1 Å². The van der Waals surface area contributed by atoms with Gasteiger partial charge in [0.1, 0.15) is 22.5 Å². The number of aromatic nitrogens is 1. The van der Waals surface area contributed by atoms with Crippen LogP contribution >= 0.6 is 0 Å². The molecule has 0 radical (unpaired) electrons. The van der Waals surface area contributed by atoms with Gasteiger partial charge in [-0.15, -0.1) is 0 Å². The van der Waals surface area contributed by atoms with Crippen LogP contribution in [-0.4, -0.2) is 87.1 Å². The fourth-order valence-electron chi connectivity index (χ4n) is 8.92. The first-order valence-corrected chi connectivity index (χ1v) is 12.3. The first-order valence-electron chi connectivity index (χ1n) is 12.3. The first-order chi connectivity index (χ1) is 15.9. The Hall–Kier alpha value is -1.53. The number of carbonyl (C=O) groups excluding carboxylic acids is 1. The van der Waals surface area contributed by atoms with Crippen molar-refractivity contribution in [2.24, 2.45) is 28.6 Å². The SMILES string of the molecule is CC(C)[C@@]1(O)[C@@H](OC(=O)c2ccc[nH]2)[C@@]2(O)[C@@]3(C)CC(O)(O)[C@@]1(C)[C@]2(O)C1[C@H](O)[C@@H](C)CC[C@@]13O. The van der Waals surface area contributed by atoms with Crippen LogP contribution in [0.1, 0.15) is 64.4 Å². The molecule has 10 nitrogen and oxygen atoms in total. The Morgan fingerprint density at radius 3 is 2.29 bits per heavy atom. The summed E-state index contributed by atoms with van der Waals surface area (Å²) in [6.07, 6.45) is -1.93. The van der Waals surface area contributed by atoms with Crippen molar-refractivity contribution in [1.29, 1.82) is 0 Å². The van der Waals surface area contributed by atoms with Crippen molar-refractivity contribution in [1.82, 2.24) is 4.98 Å². The molecule has 0 saturated heterocycles. The van der Waals surface area contributed by atoms with E-state index in [2.05, 4.69) is 4.98 Å². The zero-order valence-electron chi connectivity index (χ0n) is 20.7. The Morgan fingerprint density at radius 2 is 1.74 bits per heavy atom. The number of carbonyl (C=O) groups is 1. The van der Waals surface area contributed by atoms with Gasteiger partial charge in [-0.3, -0.25) is 0 Å². The molecule has 5 rings (SSSR count). The lowest BCUT2D eigenvalue weighted by Crippen LogP contribution is -2.76. The Bertz CT molecular complexity index is 1060. The van der Waals surface area contributed by atoms with Gasteiger partial charge in [-0.1, -0.05) is 27.7 Å². The maximum atomic E-state index is 13.1. The van der Waals surface area contributed by atoms with Crippen molar-refractivity contribution in [3.8, 4) is 0 Å². The standard InChI is InChI=1S/C25H37NO9/c1-12(2)23(32)18(35-17(28)14-7-6-10-26-14)25(34)19(4)11-22(30,31)20(23,5)24(25,33)16-15(27)13(3)8-9-21(16,19)29/h6-7,10,12-13,15-16,18,26-27,29-34H,8-9,11H2,1-5H3/t13-,15+,16?,18+,19-,20+,21+,23+,24+,25+/m0/s1. The van der Waals surface area contributed by atoms with E-state index in [4.69, 9.17) is 4.74 Å². The Kier molecular flexibility index (Phi) is 4.78. The number of aromatic amines is 1. The molecule has 4 bridgehead atoms. The van der Waals surface area contributed by atoms with Crippen molar-refractivity contribution in [2.45, 2.75) is 94.3 Å². The Labute approximate surface area is 203 Å². The molecule has 0 aromatic carbocycles. The highest BCUT2D eigenvalue weighted by atomic mass is 16.6. The number of aliphatic hydroxyl groups excluding tert-OH is 1.